The van der Waals surface area contributed by atoms with E-state index in [9.17, 15) is 4.79 Å². The molecule has 2 N–H and O–H groups in total. The maximum atomic E-state index is 12.4. The zero-order valence-electron chi connectivity index (χ0n) is 10.9. The summed E-state index contributed by atoms with van der Waals surface area (Å²) in [7, 11) is 0. The SMILES string of the molecule is CC(C)n1ncc(Cl)c1C(=O)CC1(CN)CCC1. The Labute approximate surface area is 112 Å². The highest BCUT2D eigenvalue weighted by Crippen LogP contribution is 2.44. The lowest BCUT2D eigenvalue weighted by Crippen LogP contribution is -2.39. The van der Waals surface area contributed by atoms with Crippen LogP contribution in [-0.2, 0) is 0 Å². The normalized spacial score (nSPS) is 17.8. The third kappa shape index (κ3) is 2.31. The average molecular weight is 270 g/mol. The molecule has 1 aliphatic carbocycles. The topological polar surface area (TPSA) is 60.9 Å². The minimum absolute atomic E-state index is 0.00644. The van der Waals surface area contributed by atoms with Crippen molar-refractivity contribution < 1.29 is 4.79 Å². The Bertz CT molecular complexity index is 444. The van der Waals surface area contributed by atoms with Gasteiger partial charge in [0.2, 0.25) is 0 Å². The molecule has 0 saturated heterocycles. The predicted octanol–water partition coefficient (Wildman–Crippen LogP) is 2.82. The molecule has 5 heteroatoms. The highest BCUT2D eigenvalue weighted by atomic mass is 35.5. The van der Waals surface area contributed by atoms with Crippen LogP contribution in [0.25, 0.3) is 0 Å². The molecule has 0 amide bonds. The first-order valence-corrected chi connectivity index (χ1v) is 6.83. The molecule has 1 fully saturated rings. The molecule has 2 rings (SSSR count). The van der Waals surface area contributed by atoms with Crippen LogP contribution >= 0.6 is 11.6 Å². The zero-order valence-corrected chi connectivity index (χ0v) is 11.7. The van der Waals surface area contributed by atoms with Crippen molar-refractivity contribution in [3.63, 3.8) is 0 Å². The zero-order chi connectivity index (χ0) is 13.3. The van der Waals surface area contributed by atoms with E-state index in [1.807, 2.05) is 13.8 Å². The molecule has 0 bridgehead atoms. The van der Waals surface area contributed by atoms with Gasteiger partial charge in [-0.2, -0.15) is 5.10 Å². The van der Waals surface area contributed by atoms with Crippen molar-refractivity contribution in [3.8, 4) is 0 Å². The molecule has 0 radical (unpaired) electrons. The van der Waals surface area contributed by atoms with E-state index in [2.05, 4.69) is 5.10 Å². The molecule has 0 spiro atoms. The minimum atomic E-state index is 0.00644. The lowest BCUT2D eigenvalue weighted by atomic mass is 9.66. The number of carbonyl (C=O) groups excluding carboxylic acids is 1. The Kier molecular flexibility index (Phi) is 3.78. The van der Waals surface area contributed by atoms with Gasteiger partial charge in [-0.1, -0.05) is 18.0 Å². The summed E-state index contributed by atoms with van der Waals surface area (Å²) in [5, 5.41) is 4.61. The van der Waals surface area contributed by atoms with Gasteiger partial charge in [0.1, 0.15) is 5.69 Å². The average Bonchev–Trinajstić information content (AvgIpc) is 2.65. The molecule has 1 heterocycles. The van der Waals surface area contributed by atoms with Gasteiger partial charge in [-0.25, -0.2) is 0 Å². The number of halogens is 1. The highest BCUT2D eigenvalue weighted by molar-refractivity contribution is 6.33. The van der Waals surface area contributed by atoms with Gasteiger partial charge in [0.15, 0.2) is 5.78 Å². The van der Waals surface area contributed by atoms with Crippen LogP contribution in [0.5, 0.6) is 0 Å². The lowest BCUT2D eigenvalue weighted by Gasteiger charge is -2.40. The molecular weight excluding hydrogens is 250 g/mol. The number of Topliss-reactive ketones (excluding diaryl/α,β-unsaturated/α-hetero) is 1. The number of ketones is 1. The van der Waals surface area contributed by atoms with E-state index in [0.29, 0.717) is 23.7 Å². The van der Waals surface area contributed by atoms with Gasteiger partial charge < -0.3 is 5.73 Å². The van der Waals surface area contributed by atoms with Crippen LogP contribution < -0.4 is 5.73 Å². The number of nitrogens with zero attached hydrogens (tertiary/aromatic N) is 2. The second-order valence-electron chi connectivity index (χ2n) is 5.54. The van der Waals surface area contributed by atoms with Crippen molar-refractivity contribution in [1.29, 1.82) is 0 Å². The molecule has 1 aliphatic rings. The van der Waals surface area contributed by atoms with Crippen LogP contribution in [0.3, 0.4) is 0 Å². The van der Waals surface area contributed by atoms with E-state index in [1.54, 1.807) is 10.9 Å². The van der Waals surface area contributed by atoms with Crippen LogP contribution in [-0.4, -0.2) is 22.1 Å². The van der Waals surface area contributed by atoms with E-state index in [0.717, 1.165) is 12.8 Å². The van der Waals surface area contributed by atoms with Crippen LogP contribution in [0, 0.1) is 5.41 Å². The molecule has 0 aromatic carbocycles. The molecule has 4 nitrogen and oxygen atoms in total. The molecule has 18 heavy (non-hydrogen) atoms. The van der Waals surface area contributed by atoms with E-state index in [4.69, 9.17) is 17.3 Å². The standard InChI is InChI=1S/C13H20ClN3O/c1-9(2)17-12(10(14)7-16-17)11(18)6-13(8-15)4-3-5-13/h7,9H,3-6,8,15H2,1-2H3. The molecule has 100 valence electrons. The number of hydrogen-bond donors (Lipinski definition) is 1. The molecular formula is C13H20ClN3O. The van der Waals surface area contributed by atoms with Gasteiger partial charge in [0.25, 0.3) is 0 Å². The van der Waals surface area contributed by atoms with Crippen molar-refractivity contribution in [2.24, 2.45) is 11.1 Å². The van der Waals surface area contributed by atoms with Crippen molar-refractivity contribution in [2.45, 2.75) is 45.6 Å². The fraction of sp³-hybridized carbons (Fsp3) is 0.692. The summed E-state index contributed by atoms with van der Waals surface area (Å²) in [5.41, 5.74) is 6.34. The number of carbonyl (C=O) groups is 1. The summed E-state index contributed by atoms with van der Waals surface area (Å²) in [6.45, 7) is 4.55. The van der Waals surface area contributed by atoms with Gasteiger partial charge >= 0.3 is 0 Å². The maximum absolute atomic E-state index is 12.4. The third-order valence-electron chi connectivity index (χ3n) is 3.89. The third-order valence-corrected chi connectivity index (χ3v) is 4.16. The molecule has 1 saturated carbocycles. The Balaban J connectivity index is 2.21. The van der Waals surface area contributed by atoms with Crippen molar-refractivity contribution in [3.05, 3.63) is 16.9 Å². The maximum Gasteiger partial charge on any atom is 0.183 e. The highest BCUT2D eigenvalue weighted by Gasteiger charge is 2.38. The number of hydrogen-bond acceptors (Lipinski definition) is 3. The van der Waals surface area contributed by atoms with E-state index >= 15 is 0 Å². The molecule has 0 unspecified atom stereocenters. The number of rotatable bonds is 5. The van der Waals surface area contributed by atoms with Crippen LogP contribution in [0.1, 0.15) is 56.1 Å². The monoisotopic (exact) mass is 269 g/mol. The van der Waals surface area contributed by atoms with Gasteiger partial charge in [-0.05, 0) is 38.6 Å². The van der Waals surface area contributed by atoms with Gasteiger partial charge in [0.05, 0.1) is 11.2 Å². The first-order valence-electron chi connectivity index (χ1n) is 6.45. The van der Waals surface area contributed by atoms with Gasteiger partial charge in [-0.15, -0.1) is 0 Å². The molecule has 0 aliphatic heterocycles. The summed E-state index contributed by atoms with van der Waals surface area (Å²) in [5.74, 6) is 0.0661. The smallest absolute Gasteiger partial charge is 0.183 e. The van der Waals surface area contributed by atoms with E-state index in [-0.39, 0.29) is 17.2 Å². The number of nitrogens with two attached hydrogens (primary N) is 1. The second kappa shape index (κ2) is 5.02. The molecule has 1 aromatic rings. The Morgan fingerprint density at radius 3 is 2.72 bits per heavy atom. The largest absolute Gasteiger partial charge is 0.330 e. The van der Waals surface area contributed by atoms with Gasteiger partial charge in [0, 0.05) is 12.5 Å². The molecule has 1 aromatic heterocycles. The van der Waals surface area contributed by atoms with Crippen LogP contribution in [0.2, 0.25) is 5.02 Å². The predicted molar refractivity (Wildman–Crippen MR) is 71.9 cm³/mol. The number of aromatic nitrogens is 2. The van der Waals surface area contributed by atoms with E-state index < -0.39 is 0 Å². The quantitative estimate of drug-likeness (QED) is 0.836. The Morgan fingerprint density at radius 2 is 2.28 bits per heavy atom. The van der Waals surface area contributed by atoms with Crippen LogP contribution in [0.4, 0.5) is 0 Å². The minimum Gasteiger partial charge on any atom is -0.330 e. The fourth-order valence-corrected chi connectivity index (χ4v) is 2.78. The summed E-state index contributed by atoms with van der Waals surface area (Å²) >= 11 is 6.08. The Hall–Kier alpha value is -0.870. The fourth-order valence-electron chi connectivity index (χ4n) is 2.55. The molecule has 0 atom stereocenters. The second-order valence-corrected chi connectivity index (χ2v) is 5.94. The van der Waals surface area contributed by atoms with Gasteiger partial charge in [-0.3, -0.25) is 9.48 Å². The summed E-state index contributed by atoms with van der Waals surface area (Å²) in [6, 6.07) is 0.131. The van der Waals surface area contributed by atoms with Crippen LogP contribution in [0.15, 0.2) is 6.20 Å². The summed E-state index contributed by atoms with van der Waals surface area (Å²) in [6.07, 6.45) is 5.29. The van der Waals surface area contributed by atoms with Crippen molar-refractivity contribution in [2.75, 3.05) is 6.54 Å². The van der Waals surface area contributed by atoms with Crippen molar-refractivity contribution in [1.82, 2.24) is 9.78 Å². The summed E-state index contributed by atoms with van der Waals surface area (Å²) < 4.78 is 1.70. The van der Waals surface area contributed by atoms with E-state index in [1.165, 1.54) is 6.42 Å². The lowest BCUT2D eigenvalue weighted by molar-refractivity contribution is 0.0774. The Morgan fingerprint density at radius 1 is 1.61 bits per heavy atom. The first kappa shape index (κ1) is 13.6. The van der Waals surface area contributed by atoms with Crippen molar-refractivity contribution >= 4 is 17.4 Å². The summed E-state index contributed by atoms with van der Waals surface area (Å²) in [4.78, 5) is 12.4. The first-order chi connectivity index (χ1) is 8.49.